The molecule has 13 heavy (non-hydrogen) atoms. The van der Waals surface area contributed by atoms with Crippen molar-refractivity contribution in [3.05, 3.63) is 34.3 Å². The fourth-order valence-electron chi connectivity index (χ4n) is 1.36. The molecular weight excluding hydrogens is 226 g/mol. The predicted molar refractivity (Wildman–Crippen MR) is 60.8 cm³/mol. The van der Waals surface area contributed by atoms with Crippen LogP contribution in [0.5, 0.6) is 0 Å². The van der Waals surface area contributed by atoms with E-state index in [1.807, 2.05) is 0 Å². The fraction of sp³-hybridized carbons (Fsp3) is 0.455. The lowest BCUT2D eigenvalue weighted by Crippen LogP contribution is -2.18. The Hall–Kier alpha value is -0.340. The van der Waals surface area contributed by atoms with Gasteiger partial charge in [-0.1, -0.05) is 35.0 Å². The summed E-state index contributed by atoms with van der Waals surface area (Å²) in [4.78, 5) is 2.34. The number of benzene rings is 1. The Balaban J connectivity index is 2.49. The summed E-state index contributed by atoms with van der Waals surface area (Å²) in [6.45, 7) is 4.41. The first-order valence-corrected chi connectivity index (χ1v) is 5.44. The van der Waals surface area contributed by atoms with Gasteiger partial charge in [0, 0.05) is 11.0 Å². The van der Waals surface area contributed by atoms with Gasteiger partial charge in [0.05, 0.1) is 0 Å². The highest BCUT2D eigenvalue weighted by Crippen LogP contribution is 2.11. The van der Waals surface area contributed by atoms with Gasteiger partial charge in [-0.2, -0.15) is 0 Å². The molecule has 0 aliphatic heterocycles. The first-order valence-electron chi connectivity index (χ1n) is 4.65. The van der Waals surface area contributed by atoms with Crippen LogP contribution in [0.2, 0.25) is 0 Å². The van der Waals surface area contributed by atoms with Crippen LogP contribution >= 0.6 is 15.9 Å². The van der Waals surface area contributed by atoms with Crippen molar-refractivity contribution in [3.8, 4) is 0 Å². The largest absolute Gasteiger partial charge is 0.302 e. The van der Waals surface area contributed by atoms with Crippen LogP contribution in [0, 0.1) is 0 Å². The van der Waals surface area contributed by atoms with E-state index in [9.17, 15) is 0 Å². The maximum atomic E-state index is 3.43. The smallest absolute Gasteiger partial charge is 0.0230 e. The summed E-state index contributed by atoms with van der Waals surface area (Å²) in [7, 11) is 2.16. The molecule has 0 spiro atoms. The maximum absolute atomic E-state index is 3.43. The van der Waals surface area contributed by atoms with Crippen LogP contribution < -0.4 is 0 Å². The van der Waals surface area contributed by atoms with Crippen molar-refractivity contribution < 1.29 is 0 Å². The molecule has 0 heterocycles. The molecule has 0 bridgehead atoms. The molecule has 1 nitrogen and oxygen atoms in total. The molecule has 0 radical (unpaired) electrons. The summed E-state index contributed by atoms with van der Waals surface area (Å²) in [5.41, 5.74) is 1.37. The zero-order valence-electron chi connectivity index (χ0n) is 8.26. The second-order valence-corrected chi connectivity index (χ2v) is 4.28. The molecule has 0 fully saturated rings. The predicted octanol–water partition coefficient (Wildman–Crippen LogP) is 3.29. The molecule has 0 aliphatic rings. The first-order chi connectivity index (χ1) is 6.22. The lowest BCUT2D eigenvalue weighted by molar-refractivity contribution is 0.327. The Morgan fingerprint density at radius 1 is 1.23 bits per heavy atom. The van der Waals surface area contributed by atoms with Crippen LogP contribution in [0.25, 0.3) is 0 Å². The maximum Gasteiger partial charge on any atom is 0.0230 e. The normalized spacial score (nSPS) is 10.8. The van der Waals surface area contributed by atoms with Gasteiger partial charge in [-0.25, -0.2) is 0 Å². The summed E-state index contributed by atoms with van der Waals surface area (Å²) in [5, 5.41) is 0. The van der Waals surface area contributed by atoms with Crippen molar-refractivity contribution in [2.24, 2.45) is 0 Å². The Morgan fingerprint density at radius 3 is 2.38 bits per heavy atom. The molecule has 0 N–H and O–H groups in total. The number of halogens is 1. The number of hydrogen-bond acceptors (Lipinski definition) is 1. The standard InChI is InChI=1S/C11H16BrN/c1-3-8-13(2)9-10-4-6-11(12)7-5-10/h4-7H,3,8-9H2,1-2H3. The van der Waals surface area contributed by atoms with Crippen LogP contribution in [0.15, 0.2) is 28.7 Å². The van der Waals surface area contributed by atoms with E-state index in [0.717, 1.165) is 17.6 Å². The Kier molecular flexibility index (Phi) is 4.46. The quantitative estimate of drug-likeness (QED) is 0.783. The Morgan fingerprint density at radius 2 is 1.85 bits per heavy atom. The van der Waals surface area contributed by atoms with Crippen molar-refractivity contribution in [3.63, 3.8) is 0 Å². The monoisotopic (exact) mass is 241 g/mol. The first kappa shape index (κ1) is 10.7. The molecule has 0 saturated heterocycles. The third kappa shape index (κ3) is 3.92. The molecule has 2 heteroatoms. The van der Waals surface area contributed by atoms with Crippen molar-refractivity contribution in [2.45, 2.75) is 19.9 Å². The van der Waals surface area contributed by atoms with Crippen molar-refractivity contribution in [2.75, 3.05) is 13.6 Å². The van der Waals surface area contributed by atoms with E-state index in [-0.39, 0.29) is 0 Å². The van der Waals surface area contributed by atoms with Gasteiger partial charge in [-0.15, -0.1) is 0 Å². The molecule has 72 valence electrons. The summed E-state index contributed by atoms with van der Waals surface area (Å²) in [5.74, 6) is 0. The van der Waals surface area contributed by atoms with E-state index in [0.29, 0.717) is 0 Å². The molecule has 0 amide bonds. The minimum atomic E-state index is 1.04. The average molecular weight is 242 g/mol. The Bertz CT molecular complexity index is 243. The van der Waals surface area contributed by atoms with Crippen LogP contribution in [0.1, 0.15) is 18.9 Å². The molecule has 0 unspecified atom stereocenters. The van der Waals surface area contributed by atoms with Crippen LogP contribution in [-0.2, 0) is 6.54 Å². The molecule has 0 aromatic heterocycles. The van der Waals surface area contributed by atoms with E-state index in [1.54, 1.807) is 0 Å². The molecule has 0 aliphatic carbocycles. The molecule has 0 atom stereocenters. The zero-order valence-corrected chi connectivity index (χ0v) is 9.84. The fourth-order valence-corrected chi connectivity index (χ4v) is 1.63. The van der Waals surface area contributed by atoms with E-state index in [1.165, 1.54) is 12.0 Å². The highest BCUT2D eigenvalue weighted by atomic mass is 79.9. The van der Waals surface area contributed by atoms with Gasteiger partial charge >= 0.3 is 0 Å². The second-order valence-electron chi connectivity index (χ2n) is 3.36. The van der Waals surface area contributed by atoms with Crippen molar-refractivity contribution >= 4 is 15.9 Å². The van der Waals surface area contributed by atoms with E-state index >= 15 is 0 Å². The zero-order chi connectivity index (χ0) is 9.68. The van der Waals surface area contributed by atoms with Crippen LogP contribution in [0.3, 0.4) is 0 Å². The number of nitrogens with zero attached hydrogens (tertiary/aromatic N) is 1. The van der Waals surface area contributed by atoms with Gasteiger partial charge in [0.15, 0.2) is 0 Å². The van der Waals surface area contributed by atoms with Gasteiger partial charge in [0.25, 0.3) is 0 Å². The Labute approximate surface area is 88.9 Å². The molecular formula is C11H16BrN. The van der Waals surface area contributed by atoms with Gasteiger partial charge in [0.1, 0.15) is 0 Å². The highest BCUT2D eigenvalue weighted by Gasteiger charge is 1.97. The molecule has 1 rings (SSSR count). The van der Waals surface area contributed by atoms with Crippen LogP contribution in [-0.4, -0.2) is 18.5 Å². The minimum absolute atomic E-state index is 1.04. The van der Waals surface area contributed by atoms with Gasteiger partial charge in [0.2, 0.25) is 0 Å². The van der Waals surface area contributed by atoms with E-state index < -0.39 is 0 Å². The van der Waals surface area contributed by atoms with Gasteiger partial charge in [-0.3, -0.25) is 0 Å². The third-order valence-corrected chi connectivity index (χ3v) is 2.50. The van der Waals surface area contributed by atoms with Crippen LogP contribution in [0.4, 0.5) is 0 Å². The lowest BCUT2D eigenvalue weighted by atomic mass is 10.2. The summed E-state index contributed by atoms with van der Waals surface area (Å²) in [6, 6.07) is 8.51. The molecule has 0 saturated carbocycles. The van der Waals surface area contributed by atoms with E-state index in [2.05, 4.69) is 59.1 Å². The molecule has 1 aromatic carbocycles. The SMILES string of the molecule is CCCN(C)Cc1ccc(Br)cc1. The topological polar surface area (TPSA) is 3.24 Å². The number of hydrogen-bond donors (Lipinski definition) is 0. The minimum Gasteiger partial charge on any atom is -0.302 e. The summed E-state index contributed by atoms with van der Waals surface area (Å²) < 4.78 is 1.15. The lowest BCUT2D eigenvalue weighted by Gasteiger charge is -2.15. The van der Waals surface area contributed by atoms with Crippen molar-refractivity contribution in [1.29, 1.82) is 0 Å². The third-order valence-electron chi connectivity index (χ3n) is 1.97. The molecule has 1 aromatic rings. The second kappa shape index (κ2) is 5.40. The number of rotatable bonds is 4. The highest BCUT2D eigenvalue weighted by molar-refractivity contribution is 9.10. The van der Waals surface area contributed by atoms with Crippen molar-refractivity contribution in [1.82, 2.24) is 4.90 Å². The summed E-state index contributed by atoms with van der Waals surface area (Å²) >= 11 is 3.43. The van der Waals surface area contributed by atoms with Gasteiger partial charge < -0.3 is 4.90 Å². The summed E-state index contributed by atoms with van der Waals surface area (Å²) in [6.07, 6.45) is 1.22. The van der Waals surface area contributed by atoms with Gasteiger partial charge in [-0.05, 0) is 37.7 Å². The van der Waals surface area contributed by atoms with E-state index in [4.69, 9.17) is 0 Å². The average Bonchev–Trinajstić information content (AvgIpc) is 2.09.